The van der Waals surface area contributed by atoms with Crippen molar-refractivity contribution in [2.75, 3.05) is 31.2 Å². The molecule has 1 amide bonds. The lowest BCUT2D eigenvalue weighted by molar-refractivity contribution is -0.137. The first kappa shape index (κ1) is 26.3. The number of anilines is 2. The van der Waals surface area contributed by atoms with Gasteiger partial charge >= 0.3 is 6.18 Å². The molecule has 0 aliphatic carbocycles. The monoisotopic (exact) mass is 532 g/mol. The van der Waals surface area contributed by atoms with Gasteiger partial charge in [-0.1, -0.05) is 17.9 Å². The van der Waals surface area contributed by atoms with Crippen LogP contribution >= 0.6 is 0 Å². The zero-order chi connectivity index (χ0) is 27.7. The zero-order valence-corrected chi connectivity index (χ0v) is 21.5. The van der Waals surface area contributed by atoms with E-state index in [9.17, 15) is 18.0 Å². The Morgan fingerprint density at radius 1 is 1.05 bits per heavy atom. The quantitative estimate of drug-likeness (QED) is 0.352. The van der Waals surface area contributed by atoms with Crippen LogP contribution in [0.2, 0.25) is 0 Å². The van der Waals surface area contributed by atoms with Gasteiger partial charge in [-0.25, -0.2) is 9.97 Å². The van der Waals surface area contributed by atoms with Crippen LogP contribution in [0, 0.1) is 18.8 Å². The third-order valence-corrected chi connectivity index (χ3v) is 7.02. The molecule has 200 valence electrons. The number of piperidine rings is 1. The first-order chi connectivity index (χ1) is 18.6. The van der Waals surface area contributed by atoms with Crippen molar-refractivity contribution in [2.24, 2.45) is 0 Å². The summed E-state index contributed by atoms with van der Waals surface area (Å²) in [5.74, 6) is 6.27. The minimum atomic E-state index is -4.46. The lowest BCUT2D eigenvalue weighted by Gasteiger charge is -2.30. The predicted molar refractivity (Wildman–Crippen MR) is 144 cm³/mol. The molecule has 1 aliphatic heterocycles. The third kappa shape index (κ3) is 5.59. The highest BCUT2D eigenvalue weighted by molar-refractivity contribution is 6.04. The number of hydrogen-bond donors (Lipinski definition) is 2. The Bertz CT molecular complexity index is 1590. The summed E-state index contributed by atoms with van der Waals surface area (Å²) >= 11 is 0. The number of aromatic nitrogens is 3. The van der Waals surface area contributed by atoms with E-state index in [1.54, 1.807) is 12.1 Å². The highest BCUT2D eigenvalue weighted by Crippen LogP contribution is 2.31. The standard InChI is InChI=1S/C29H27F3N6O/c1-18-3-10-23(36-28(39)19-6-8-22(9-7-19)29(30,31)32)15-20(18)4-5-21-16-38(24-11-13-37(2)14-12-24)27-25(21)26(33)34-17-35-27/h3,6-10,15-17,24H,11-14H2,1-2H3,(H,36,39)(H2,33,34,35). The minimum absolute atomic E-state index is 0.119. The summed E-state index contributed by atoms with van der Waals surface area (Å²) in [6.45, 7) is 3.90. The number of nitrogens with two attached hydrogens (primary N) is 1. The summed E-state index contributed by atoms with van der Waals surface area (Å²) in [4.78, 5) is 23.6. The number of amides is 1. The van der Waals surface area contributed by atoms with E-state index < -0.39 is 17.6 Å². The van der Waals surface area contributed by atoms with Crippen molar-refractivity contribution in [3.63, 3.8) is 0 Å². The summed E-state index contributed by atoms with van der Waals surface area (Å²) in [6, 6.07) is 9.65. The fraction of sp³-hybridized carbons (Fsp3) is 0.276. The number of carbonyl (C=O) groups is 1. The largest absolute Gasteiger partial charge is 0.416 e. The van der Waals surface area contributed by atoms with Gasteiger partial charge in [-0.15, -0.1) is 0 Å². The number of nitrogens with one attached hydrogen (secondary N) is 1. The van der Waals surface area contributed by atoms with E-state index in [-0.39, 0.29) is 5.56 Å². The first-order valence-electron chi connectivity index (χ1n) is 12.5. The van der Waals surface area contributed by atoms with Gasteiger partial charge in [0.1, 0.15) is 17.8 Å². The van der Waals surface area contributed by atoms with Crippen molar-refractivity contribution in [2.45, 2.75) is 32.0 Å². The maximum Gasteiger partial charge on any atom is 0.416 e. The Labute approximate surface area is 223 Å². The van der Waals surface area contributed by atoms with E-state index in [0.717, 1.165) is 67.0 Å². The highest BCUT2D eigenvalue weighted by Gasteiger charge is 2.30. The molecule has 0 spiro atoms. The van der Waals surface area contributed by atoms with Crippen LogP contribution in [-0.4, -0.2) is 45.5 Å². The van der Waals surface area contributed by atoms with E-state index >= 15 is 0 Å². The average Bonchev–Trinajstić information content (AvgIpc) is 3.29. The summed E-state index contributed by atoms with van der Waals surface area (Å²) in [5.41, 5.74) is 9.10. The smallest absolute Gasteiger partial charge is 0.383 e. The second-order valence-electron chi connectivity index (χ2n) is 9.75. The molecule has 0 bridgehead atoms. The van der Waals surface area contributed by atoms with Gasteiger partial charge in [0.05, 0.1) is 16.5 Å². The number of rotatable bonds is 3. The molecule has 0 atom stereocenters. The third-order valence-electron chi connectivity index (χ3n) is 7.02. The Hall–Kier alpha value is -4.36. The summed E-state index contributed by atoms with van der Waals surface area (Å²) in [5, 5.41) is 3.45. The van der Waals surface area contributed by atoms with Gasteiger partial charge in [-0.05, 0) is 81.9 Å². The lowest BCUT2D eigenvalue weighted by atomic mass is 10.1. The lowest BCUT2D eigenvalue weighted by Crippen LogP contribution is -2.31. The number of alkyl halides is 3. The fourth-order valence-corrected chi connectivity index (χ4v) is 4.74. The normalized spacial score (nSPS) is 14.7. The molecule has 3 heterocycles. The summed E-state index contributed by atoms with van der Waals surface area (Å²) < 4.78 is 40.7. The van der Waals surface area contributed by atoms with Crippen molar-refractivity contribution in [1.82, 2.24) is 19.4 Å². The molecule has 3 N–H and O–H groups in total. The molecule has 10 heteroatoms. The fourth-order valence-electron chi connectivity index (χ4n) is 4.74. The highest BCUT2D eigenvalue weighted by atomic mass is 19.4. The Kier molecular flexibility index (Phi) is 7.02. The number of hydrogen-bond acceptors (Lipinski definition) is 5. The Morgan fingerprint density at radius 3 is 2.44 bits per heavy atom. The molecule has 0 unspecified atom stereocenters. The maximum atomic E-state index is 12.8. The van der Waals surface area contributed by atoms with Crippen molar-refractivity contribution in [3.05, 3.63) is 82.8 Å². The number of halogens is 3. The van der Waals surface area contributed by atoms with Gasteiger partial charge < -0.3 is 20.5 Å². The average molecular weight is 533 g/mol. The first-order valence-corrected chi connectivity index (χ1v) is 12.5. The molecule has 0 saturated carbocycles. The van der Waals surface area contributed by atoms with Crippen LogP contribution in [0.5, 0.6) is 0 Å². The van der Waals surface area contributed by atoms with Crippen LogP contribution in [-0.2, 0) is 6.18 Å². The van der Waals surface area contributed by atoms with Crippen LogP contribution in [0.4, 0.5) is 24.7 Å². The molecule has 2 aromatic heterocycles. The number of nitrogens with zero attached hydrogens (tertiary/aromatic N) is 4. The van der Waals surface area contributed by atoms with E-state index in [4.69, 9.17) is 5.73 Å². The van der Waals surface area contributed by atoms with Gasteiger partial charge in [0, 0.05) is 29.1 Å². The molecule has 0 radical (unpaired) electrons. The SMILES string of the molecule is Cc1ccc(NC(=O)c2ccc(C(F)(F)F)cc2)cc1C#Cc1cn(C2CCN(C)CC2)c2ncnc(N)c12. The predicted octanol–water partition coefficient (Wildman–Crippen LogP) is 5.26. The minimum Gasteiger partial charge on any atom is -0.383 e. The van der Waals surface area contributed by atoms with Crippen molar-refractivity contribution >= 4 is 28.4 Å². The number of benzene rings is 2. The molecule has 4 aromatic rings. The molecule has 39 heavy (non-hydrogen) atoms. The molecular weight excluding hydrogens is 505 g/mol. The number of fused-ring (bicyclic) bond motifs is 1. The molecule has 2 aromatic carbocycles. The van der Waals surface area contributed by atoms with Crippen LogP contribution < -0.4 is 11.1 Å². The number of nitrogen functional groups attached to an aromatic ring is 1. The van der Waals surface area contributed by atoms with Crippen molar-refractivity contribution in [1.29, 1.82) is 0 Å². The van der Waals surface area contributed by atoms with Crippen molar-refractivity contribution in [3.8, 4) is 11.8 Å². The number of likely N-dealkylation sites (tertiary alicyclic amines) is 1. The summed E-state index contributed by atoms with van der Waals surface area (Å²) in [7, 11) is 2.11. The van der Waals surface area contributed by atoms with E-state index in [2.05, 4.69) is 43.6 Å². The van der Waals surface area contributed by atoms with Crippen molar-refractivity contribution < 1.29 is 18.0 Å². The second kappa shape index (κ2) is 10.4. The topological polar surface area (TPSA) is 89.1 Å². The van der Waals surface area contributed by atoms with E-state index in [0.29, 0.717) is 28.5 Å². The summed E-state index contributed by atoms with van der Waals surface area (Å²) in [6.07, 6.45) is 0.987. The maximum absolute atomic E-state index is 12.8. The van der Waals surface area contributed by atoms with Gasteiger partial charge in [0.25, 0.3) is 5.91 Å². The van der Waals surface area contributed by atoms with Gasteiger partial charge in [-0.2, -0.15) is 13.2 Å². The molecule has 1 aliphatic rings. The van der Waals surface area contributed by atoms with Crippen LogP contribution in [0.15, 0.2) is 55.0 Å². The van der Waals surface area contributed by atoms with E-state index in [1.165, 1.54) is 6.33 Å². The van der Waals surface area contributed by atoms with Crippen LogP contribution in [0.3, 0.4) is 0 Å². The molecule has 7 nitrogen and oxygen atoms in total. The van der Waals surface area contributed by atoms with Crippen LogP contribution in [0.1, 0.15) is 51.5 Å². The molecule has 1 saturated heterocycles. The zero-order valence-electron chi connectivity index (χ0n) is 21.5. The Morgan fingerprint density at radius 2 is 1.74 bits per heavy atom. The molecule has 5 rings (SSSR count). The second-order valence-corrected chi connectivity index (χ2v) is 9.75. The number of carbonyl (C=O) groups excluding carboxylic acids is 1. The van der Waals surface area contributed by atoms with Gasteiger partial charge in [0.15, 0.2) is 0 Å². The van der Waals surface area contributed by atoms with Crippen LogP contribution in [0.25, 0.3) is 11.0 Å². The molecule has 1 fully saturated rings. The molecular formula is C29H27F3N6O. The van der Waals surface area contributed by atoms with E-state index in [1.807, 2.05) is 19.2 Å². The van der Waals surface area contributed by atoms with Gasteiger partial charge in [-0.3, -0.25) is 4.79 Å². The van der Waals surface area contributed by atoms with Gasteiger partial charge in [0.2, 0.25) is 0 Å². The number of aryl methyl sites for hydroxylation is 1. The Balaban J connectivity index is 1.42.